The summed E-state index contributed by atoms with van der Waals surface area (Å²) in [7, 11) is 3.69. The molecule has 0 spiro atoms. The summed E-state index contributed by atoms with van der Waals surface area (Å²) >= 11 is 0. The molecule has 0 amide bonds. The van der Waals surface area contributed by atoms with Crippen molar-refractivity contribution in [2.24, 2.45) is 11.7 Å². The number of nitrogens with one attached hydrogen (secondary N) is 1. The van der Waals surface area contributed by atoms with Crippen molar-refractivity contribution in [3.8, 4) is 5.75 Å². The monoisotopic (exact) mass is 233 g/mol. The molecule has 0 radical (unpaired) electrons. The second-order valence-electron chi connectivity index (χ2n) is 4.62. The maximum absolute atomic E-state index is 7.61. The molecule has 0 saturated heterocycles. The van der Waals surface area contributed by atoms with Gasteiger partial charge in [0.15, 0.2) is 0 Å². The van der Waals surface area contributed by atoms with Crippen LogP contribution in [-0.2, 0) is 0 Å². The lowest BCUT2D eigenvalue weighted by molar-refractivity contribution is 0.415. The van der Waals surface area contributed by atoms with Crippen LogP contribution in [0.4, 0.5) is 5.69 Å². The number of amidine groups is 1. The van der Waals surface area contributed by atoms with Crippen LogP contribution in [0.3, 0.4) is 0 Å². The highest BCUT2D eigenvalue weighted by molar-refractivity contribution is 6.00. The van der Waals surface area contributed by atoms with E-state index in [9.17, 15) is 0 Å². The zero-order chi connectivity index (χ0) is 12.4. The number of nitrogens with two attached hydrogens (primary N) is 1. The topological polar surface area (TPSA) is 62.3 Å². The van der Waals surface area contributed by atoms with E-state index in [4.69, 9.17) is 15.9 Å². The Morgan fingerprint density at radius 3 is 2.76 bits per heavy atom. The molecule has 1 saturated carbocycles. The van der Waals surface area contributed by atoms with Gasteiger partial charge < -0.3 is 15.4 Å². The van der Waals surface area contributed by atoms with Crippen molar-refractivity contribution in [2.45, 2.75) is 12.8 Å². The Balaban J connectivity index is 2.29. The molecule has 1 aromatic carbocycles. The molecule has 1 aromatic rings. The van der Waals surface area contributed by atoms with Gasteiger partial charge in [0, 0.05) is 25.2 Å². The van der Waals surface area contributed by atoms with E-state index in [0.717, 1.165) is 29.5 Å². The molecule has 2 rings (SSSR count). The molecule has 0 unspecified atom stereocenters. The fraction of sp³-hybridized carbons (Fsp3) is 0.462. The predicted molar refractivity (Wildman–Crippen MR) is 70.0 cm³/mol. The standard InChI is InChI=1S/C13H19N3O/c1-16(8-9-3-4-9)12-7-10(17-2)5-6-11(12)13(14)15/h5-7,9H,3-4,8H2,1-2H3,(H3,14,15). The lowest BCUT2D eigenvalue weighted by Crippen LogP contribution is -2.24. The van der Waals surface area contributed by atoms with Crippen molar-refractivity contribution < 1.29 is 4.74 Å². The highest BCUT2D eigenvalue weighted by Gasteiger charge is 2.24. The summed E-state index contributed by atoms with van der Waals surface area (Å²) in [5.41, 5.74) is 7.35. The summed E-state index contributed by atoms with van der Waals surface area (Å²) in [4.78, 5) is 2.16. The number of methoxy groups -OCH3 is 1. The Hall–Kier alpha value is -1.71. The Kier molecular flexibility index (Phi) is 3.22. The lowest BCUT2D eigenvalue weighted by Gasteiger charge is -2.22. The molecule has 3 N–H and O–H groups in total. The van der Waals surface area contributed by atoms with Gasteiger partial charge in [0.2, 0.25) is 0 Å². The second-order valence-corrected chi connectivity index (χ2v) is 4.62. The van der Waals surface area contributed by atoms with Gasteiger partial charge in [0.25, 0.3) is 0 Å². The van der Waals surface area contributed by atoms with Gasteiger partial charge in [-0.1, -0.05) is 0 Å². The molecular weight excluding hydrogens is 214 g/mol. The van der Waals surface area contributed by atoms with Gasteiger partial charge in [-0.25, -0.2) is 0 Å². The van der Waals surface area contributed by atoms with Gasteiger partial charge in [-0.05, 0) is 30.9 Å². The number of nitrogen functional groups attached to an aromatic ring is 1. The van der Waals surface area contributed by atoms with Crippen LogP contribution in [0.25, 0.3) is 0 Å². The van der Waals surface area contributed by atoms with Gasteiger partial charge in [-0.3, -0.25) is 5.41 Å². The van der Waals surface area contributed by atoms with E-state index in [0.29, 0.717) is 0 Å². The third-order valence-corrected chi connectivity index (χ3v) is 3.14. The highest BCUT2D eigenvalue weighted by Crippen LogP contribution is 2.32. The van der Waals surface area contributed by atoms with E-state index in [1.165, 1.54) is 12.8 Å². The van der Waals surface area contributed by atoms with E-state index in [-0.39, 0.29) is 5.84 Å². The highest BCUT2D eigenvalue weighted by atomic mass is 16.5. The minimum atomic E-state index is 0.102. The van der Waals surface area contributed by atoms with Crippen LogP contribution in [0, 0.1) is 11.3 Å². The fourth-order valence-electron chi connectivity index (χ4n) is 1.97. The maximum Gasteiger partial charge on any atom is 0.124 e. The number of benzene rings is 1. The molecule has 4 heteroatoms. The summed E-state index contributed by atoms with van der Waals surface area (Å²) in [6, 6.07) is 5.63. The van der Waals surface area contributed by atoms with E-state index in [1.54, 1.807) is 7.11 Å². The van der Waals surface area contributed by atoms with Gasteiger partial charge >= 0.3 is 0 Å². The largest absolute Gasteiger partial charge is 0.497 e. The minimum Gasteiger partial charge on any atom is -0.497 e. The van der Waals surface area contributed by atoms with Crippen LogP contribution in [-0.4, -0.2) is 26.5 Å². The number of nitrogens with zero attached hydrogens (tertiary/aromatic N) is 1. The SMILES string of the molecule is COc1ccc(C(=N)N)c(N(C)CC2CC2)c1. The molecular formula is C13H19N3O. The number of anilines is 1. The van der Waals surface area contributed by atoms with Crippen LogP contribution in [0.15, 0.2) is 18.2 Å². The van der Waals surface area contributed by atoms with Crippen molar-refractivity contribution in [1.82, 2.24) is 0 Å². The van der Waals surface area contributed by atoms with Gasteiger partial charge in [-0.2, -0.15) is 0 Å². The second kappa shape index (κ2) is 4.65. The third-order valence-electron chi connectivity index (χ3n) is 3.14. The number of ether oxygens (including phenoxy) is 1. The number of rotatable bonds is 5. The molecule has 0 aliphatic heterocycles. The zero-order valence-corrected chi connectivity index (χ0v) is 10.4. The Bertz CT molecular complexity index is 427. The molecule has 0 heterocycles. The van der Waals surface area contributed by atoms with Crippen LogP contribution >= 0.6 is 0 Å². The smallest absolute Gasteiger partial charge is 0.124 e. The summed E-state index contributed by atoms with van der Waals surface area (Å²) < 4.78 is 5.22. The molecule has 0 atom stereocenters. The van der Waals surface area contributed by atoms with E-state index < -0.39 is 0 Å². The molecule has 92 valence electrons. The summed E-state index contributed by atoms with van der Waals surface area (Å²) in [5, 5.41) is 7.61. The van der Waals surface area contributed by atoms with Gasteiger partial charge in [0.05, 0.1) is 12.8 Å². The van der Waals surface area contributed by atoms with Gasteiger partial charge in [0.1, 0.15) is 11.6 Å². The molecule has 4 nitrogen and oxygen atoms in total. The molecule has 1 aliphatic rings. The van der Waals surface area contributed by atoms with Gasteiger partial charge in [-0.15, -0.1) is 0 Å². The third kappa shape index (κ3) is 2.70. The van der Waals surface area contributed by atoms with Crippen molar-refractivity contribution in [1.29, 1.82) is 5.41 Å². The average Bonchev–Trinajstić information content (AvgIpc) is 3.11. The fourth-order valence-corrected chi connectivity index (χ4v) is 1.97. The Morgan fingerprint density at radius 1 is 1.53 bits per heavy atom. The molecule has 1 fully saturated rings. The van der Waals surface area contributed by atoms with Crippen LogP contribution in [0.2, 0.25) is 0 Å². The van der Waals surface area contributed by atoms with Crippen molar-refractivity contribution >= 4 is 11.5 Å². The summed E-state index contributed by atoms with van der Waals surface area (Å²) in [6.45, 7) is 1.02. The normalized spacial score (nSPS) is 14.5. The van der Waals surface area contributed by atoms with Crippen molar-refractivity contribution in [3.05, 3.63) is 23.8 Å². The maximum atomic E-state index is 7.61. The van der Waals surface area contributed by atoms with Crippen molar-refractivity contribution in [3.63, 3.8) is 0 Å². The van der Waals surface area contributed by atoms with Crippen LogP contribution < -0.4 is 15.4 Å². The number of hydrogen-bond acceptors (Lipinski definition) is 3. The minimum absolute atomic E-state index is 0.102. The van der Waals surface area contributed by atoms with E-state index in [1.807, 2.05) is 25.2 Å². The van der Waals surface area contributed by atoms with Crippen LogP contribution in [0.1, 0.15) is 18.4 Å². The number of hydrogen-bond donors (Lipinski definition) is 2. The first kappa shape index (κ1) is 11.8. The zero-order valence-electron chi connectivity index (χ0n) is 10.4. The summed E-state index contributed by atoms with van der Waals surface area (Å²) in [6.07, 6.45) is 2.62. The van der Waals surface area contributed by atoms with E-state index in [2.05, 4.69) is 4.90 Å². The molecule has 17 heavy (non-hydrogen) atoms. The predicted octanol–water partition coefficient (Wildman–Crippen LogP) is 1.83. The Morgan fingerprint density at radius 2 is 2.24 bits per heavy atom. The quantitative estimate of drug-likeness (QED) is 0.602. The van der Waals surface area contributed by atoms with Crippen LogP contribution in [0.5, 0.6) is 5.75 Å². The first-order chi connectivity index (χ1) is 8.11. The van der Waals surface area contributed by atoms with Crippen molar-refractivity contribution in [2.75, 3.05) is 25.6 Å². The molecule has 0 bridgehead atoms. The molecule has 1 aliphatic carbocycles. The average molecular weight is 233 g/mol. The van der Waals surface area contributed by atoms with E-state index >= 15 is 0 Å². The lowest BCUT2D eigenvalue weighted by atomic mass is 10.1. The summed E-state index contributed by atoms with van der Waals surface area (Å²) in [5.74, 6) is 1.70. The first-order valence-electron chi connectivity index (χ1n) is 5.85. The molecule has 0 aromatic heterocycles. The Labute approximate surface area is 102 Å². The first-order valence-corrected chi connectivity index (χ1v) is 5.85.